The van der Waals surface area contributed by atoms with Crippen molar-refractivity contribution in [2.75, 3.05) is 0 Å². The maximum atomic E-state index is 6.33. The first-order chi connectivity index (χ1) is 10.8. The average molecular weight is 319 g/mol. The predicted octanol–water partition coefficient (Wildman–Crippen LogP) is 4.67. The van der Waals surface area contributed by atoms with Gasteiger partial charge in [0.25, 0.3) is 0 Å². The lowest BCUT2D eigenvalue weighted by atomic mass is 9.44. The quantitative estimate of drug-likeness (QED) is 0.690. The van der Waals surface area contributed by atoms with Crippen LogP contribution in [0.4, 0.5) is 0 Å². The standard InChI is InChI=1S/C21H38N2/c1-4-14-6-8-17-16-7-5-15-13-21(22,23)12-11-20(15,3)18(16)9-10-19(14,17)2/h14-18H,4-13,22-23H2,1-3H3/t14-,15?,16-,17-,18-,19+,20-/m0/s1. The largest absolute Gasteiger partial charge is 0.313 e. The summed E-state index contributed by atoms with van der Waals surface area (Å²) in [5, 5.41) is 0. The van der Waals surface area contributed by atoms with E-state index in [4.69, 9.17) is 11.5 Å². The van der Waals surface area contributed by atoms with Gasteiger partial charge in [0.15, 0.2) is 0 Å². The molecule has 4 N–H and O–H groups in total. The zero-order valence-electron chi connectivity index (χ0n) is 15.6. The fraction of sp³-hybridized carbons (Fsp3) is 1.00. The van der Waals surface area contributed by atoms with Crippen LogP contribution < -0.4 is 11.5 Å². The van der Waals surface area contributed by atoms with Crippen LogP contribution in [0.25, 0.3) is 0 Å². The maximum absolute atomic E-state index is 6.33. The third-order valence-corrected chi connectivity index (χ3v) is 9.51. The van der Waals surface area contributed by atoms with Crippen LogP contribution in [0.15, 0.2) is 0 Å². The molecule has 0 aromatic heterocycles. The molecular weight excluding hydrogens is 280 g/mol. The number of nitrogens with two attached hydrogens (primary N) is 2. The minimum atomic E-state index is -0.388. The van der Waals surface area contributed by atoms with Gasteiger partial charge < -0.3 is 11.5 Å². The van der Waals surface area contributed by atoms with E-state index in [0.29, 0.717) is 10.8 Å². The second-order valence-corrected chi connectivity index (χ2v) is 10.3. The molecule has 132 valence electrons. The molecule has 0 saturated heterocycles. The van der Waals surface area contributed by atoms with Gasteiger partial charge in [0.1, 0.15) is 0 Å². The Kier molecular flexibility index (Phi) is 3.71. The third kappa shape index (κ3) is 2.27. The van der Waals surface area contributed by atoms with E-state index >= 15 is 0 Å². The van der Waals surface area contributed by atoms with Crippen molar-refractivity contribution in [3.05, 3.63) is 0 Å². The van der Waals surface area contributed by atoms with E-state index in [-0.39, 0.29) is 5.66 Å². The first kappa shape index (κ1) is 16.4. The van der Waals surface area contributed by atoms with Gasteiger partial charge in [0.05, 0.1) is 5.66 Å². The Balaban J connectivity index is 1.60. The van der Waals surface area contributed by atoms with Crippen molar-refractivity contribution in [2.24, 2.45) is 51.9 Å². The molecule has 0 bridgehead atoms. The number of rotatable bonds is 1. The molecule has 23 heavy (non-hydrogen) atoms. The normalized spacial score (nSPS) is 54.9. The lowest BCUT2D eigenvalue weighted by Gasteiger charge is -2.62. The van der Waals surface area contributed by atoms with Gasteiger partial charge in [-0.1, -0.05) is 27.2 Å². The number of hydrogen-bond acceptors (Lipinski definition) is 2. The SMILES string of the molecule is CC[C@H]1CC[C@H]2[C@@H]3CCC4CC(N)(N)CC[C@]4(C)[C@H]3CC[C@]12C. The molecule has 0 heterocycles. The van der Waals surface area contributed by atoms with Crippen LogP contribution in [-0.4, -0.2) is 5.66 Å². The van der Waals surface area contributed by atoms with Gasteiger partial charge in [-0.05, 0) is 98.2 Å². The fourth-order valence-corrected chi connectivity index (χ4v) is 8.10. The van der Waals surface area contributed by atoms with E-state index in [1.807, 2.05) is 0 Å². The van der Waals surface area contributed by atoms with E-state index in [1.54, 1.807) is 0 Å². The van der Waals surface area contributed by atoms with Crippen molar-refractivity contribution >= 4 is 0 Å². The minimum Gasteiger partial charge on any atom is -0.313 e. The first-order valence-electron chi connectivity index (χ1n) is 10.4. The maximum Gasteiger partial charge on any atom is 0.0639 e. The van der Waals surface area contributed by atoms with Gasteiger partial charge in [0, 0.05) is 0 Å². The Morgan fingerprint density at radius 2 is 1.57 bits per heavy atom. The van der Waals surface area contributed by atoms with Crippen molar-refractivity contribution in [1.29, 1.82) is 0 Å². The average Bonchev–Trinajstić information content (AvgIpc) is 2.84. The van der Waals surface area contributed by atoms with Crippen LogP contribution in [0.2, 0.25) is 0 Å². The molecule has 4 saturated carbocycles. The summed E-state index contributed by atoms with van der Waals surface area (Å²) in [7, 11) is 0. The second kappa shape index (κ2) is 5.21. The van der Waals surface area contributed by atoms with Crippen molar-refractivity contribution in [2.45, 2.75) is 90.6 Å². The lowest BCUT2D eigenvalue weighted by Crippen LogP contribution is -2.61. The zero-order valence-corrected chi connectivity index (χ0v) is 15.6. The van der Waals surface area contributed by atoms with Crippen LogP contribution in [-0.2, 0) is 0 Å². The molecule has 0 aromatic rings. The minimum absolute atomic E-state index is 0.388. The molecule has 4 fully saturated rings. The Hall–Kier alpha value is -0.0800. The van der Waals surface area contributed by atoms with Crippen LogP contribution in [0.3, 0.4) is 0 Å². The molecule has 7 atom stereocenters. The van der Waals surface area contributed by atoms with E-state index < -0.39 is 0 Å². The Labute approximate surface area is 143 Å². The monoisotopic (exact) mass is 318 g/mol. The van der Waals surface area contributed by atoms with Crippen molar-refractivity contribution < 1.29 is 0 Å². The number of hydrogen-bond donors (Lipinski definition) is 2. The first-order valence-corrected chi connectivity index (χ1v) is 10.4. The third-order valence-electron chi connectivity index (χ3n) is 9.51. The van der Waals surface area contributed by atoms with Crippen molar-refractivity contribution in [3.63, 3.8) is 0 Å². The molecular formula is C21H38N2. The molecule has 4 aliphatic rings. The zero-order chi connectivity index (χ0) is 16.5. The second-order valence-electron chi connectivity index (χ2n) is 10.3. The van der Waals surface area contributed by atoms with Gasteiger partial charge in [-0.3, -0.25) is 0 Å². The van der Waals surface area contributed by atoms with Gasteiger partial charge >= 0.3 is 0 Å². The summed E-state index contributed by atoms with van der Waals surface area (Å²) in [5.41, 5.74) is 13.5. The Morgan fingerprint density at radius 3 is 2.30 bits per heavy atom. The molecule has 0 aromatic carbocycles. The van der Waals surface area contributed by atoms with E-state index in [1.165, 1.54) is 51.4 Å². The molecule has 0 spiro atoms. The topological polar surface area (TPSA) is 52.0 Å². The summed E-state index contributed by atoms with van der Waals surface area (Å²) in [4.78, 5) is 0. The summed E-state index contributed by atoms with van der Waals surface area (Å²) < 4.78 is 0. The van der Waals surface area contributed by atoms with Crippen LogP contribution in [0.5, 0.6) is 0 Å². The van der Waals surface area contributed by atoms with E-state index in [2.05, 4.69) is 20.8 Å². The Morgan fingerprint density at radius 1 is 0.826 bits per heavy atom. The summed E-state index contributed by atoms with van der Waals surface area (Å²) >= 11 is 0. The van der Waals surface area contributed by atoms with Crippen molar-refractivity contribution in [3.8, 4) is 0 Å². The molecule has 0 aliphatic heterocycles. The van der Waals surface area contributed by atoms with Gasteiger partial charge in [-0.15, -0.1) is 0 Å². The van der Waals surface area contributed by atoms with Crippen LogP contribution in [0.1, 0.15) is 85.0 Å². The smallest absolute Gasteiger partial charge is 0.0639 e. The molecule has 1 unspecified atom stereocenters. The highest BCUT2D eigenvalue weighted by molar-refractivity contribution is 5.10. The van der Waals surface area contributed by atoms with Gasteiger partial charge in [-0.2, -0.15) is 0 Å². The number of fused-ring (bicyclic) bond motifs is 5. The highest BCUT2D eigenvalue weighted by atomic mass is 15.0. The fourth-order valence-electron chi connectivity index (χ4n) is 8.10. The van der Waals surface area contributed by atoms with E-state index in [9.17, 15) is 0 Å². The summed E-state index contributed by atoms with van der Waals surface area (Å²) in [5.74, 6) is 4.72. The molecule has 0 radical (unpaired) electrons. The summed E-state index contributed by atoms with van der Waals surface area (Å²) in [6.07, 6.45) is 13.6. The molecule has 4 aliphatic carbocycles. The Bertz CT molecular complexity index is 472. The summed E-state index contributed by atoms with van der Waals surface area (Å²) in [6, 6.07) is 0. The van der Waals surface area contributed by atoms with Crippen LogP contribution >= 0.6 is 0 Å². The van der Waals surface area contributed by atoms with Crippen LogP contribution in [0, 0.1) is 40.4 Å². The summed E-state index contributed by atoms with van der Waals surface area (Å²) in [6.45, 7) is 7.68. The molecule has 0 amide bonds. The molecule has 2 nitrogen and oxygen atoms in total. The highest BCUT2D eigenvalue weighted by Crippen LogP contribution is 2.67. The molecule has 2 heteroatoms. The van der Waals surface area contributed by atoms with E-state index in [0.717, 1.165) is 42.4 Å². The van der Waals surface area contributed by atoms with Gasteiger partial charge in [0.2, 0.25) is 0 Å². The van der Waals surface area contributed by atoms with Crippen molar-refractivity contribution in [1.82, 2.24) is 0 Å². The van der Waals surface area contributed by atoms with Gasteiger partial charge in [-0.25, -0.2) is 0 Å². The predicted molar refractivity (Wildman–Crippen MR) is 96.6 cm³/mol. The molecule has 4 rings (SSSR count). The lowest BCUT2D eigenvalue weighted by molar-refractivity contribution is -0.120. The highest BCUT2D eigenvalue weighted by Gasteiger charge is 2.60.